The number of Topliss-reactive ketones (excluding diaryl/α,β-unsaturated/α-hetero) is 1. The molecule has 110 valence electrons. The number of benzene rings is 1. The Morgan fingerprint density at radius 1 is 1.30 bits per heavy atom. The van der Waals surface area contributed by atoms with Crippen LogP contribution in [0.5, 0.6) is 0 Å². The van der Waals surface area contributed by atoms with Crippen molar-refractivity contribution in [1.29, 1.82) is 0 Å². The summed E-state index contributed by atoms with van der Waals surface area (Å²) < 4.78 is 5.21. The number of rotatable bonds is 6. The Kier molecular flexibility index (Phi) is 5.74. The molecule has 0 amide bonds. The van der Waals surface area contributed by atoms with Gasteiger partial charge >= 0.3 is 0 Å². The van der Waals surface area contributed by atoms with Crippen LogP contribution in [0.25, 0.3) is 0 Å². The first-order chi connectivity index (χ1) is 9.70. The molecule has 1 fully saturated rings. The highest BCUT2D eigenvalue weighted by Gasteiger charge is 2.19. The number of aryl methyl sites for hydroxylation is 1. The number of carbonyl (C=O) groups is 1. The van der Waals surface area contributed by atoms with E-state index >= 15 is 0 Å². The molecule has 0 unspecified atom stereocenters. The second kappa shape index (κ2) is 7.55. The fourth-order valence-electron chi connectivity index (χ4n) is 2.89. The highest BCUT2D eigenvalue weighted by atomic mass is 16.5. The van der Waals surface area contributed by atoms with E-state index in [-0.39, 0.29) is 5.78 Å². The first-order valence-corrected chi connectivity index (χ1v) is 7.51. The first kappa shape index (κ1) is 15.2. The summed E-state index contributed by atoms with van der Waals surface area (Å²) in [6.07, 6.45) is 3.00. The quantitative estimate of drug-likeness (QED) is 0.748. The Balaban J connectivity index is 1.76. The summed E-state index contributed by atoms with van der Waals surface area (Å²) in [5.41, 5.74) is 1.96. The van der Waals surface area contributed by atoms with Gasteiger partial charge in [0.05, 0.1) is 0 Å². The van der Waals surface area contributed by atoms with Crippen LogP contribution in [0.3, 0.4) is 0 Å². The lowest BCUT2D eigenvalue weighted by Gasteiger charge is -2.31. The summed E-state index contributed by atoms with van der Waals surface area (Å²) >= 11 is 0. The molecule has 3 heteroatoms. The van der Waals surface area contributed by atoms with Gasteiger partial charge in [0.2, 0.25) is 0 Å². The van der Waals surface area contributed by atoms with Gasteiger partial charge < -0.3 is 9.64 Å². The third kappa shape index (κ3) is 4.15. The molecule has 0 N–H and O–H groups in total. The maximum absolute atomic E-state index is 12.2. The van der Waals surface area contributed by atoms with Crippen LogP contribution in [-0.2, 0) is 4.74 Å². The van der Waals surface area contributed by atoms with Crippen molar-refractivity contribution in [3.05, 3.63) is 35.4 Å². The van der Waals surface area contributed by atoms with Crippen molar-refractivity contribution < 1.29 is 9.53 Å². The number of hydrogen-bond donors (Lipinski definition) is 0. The molecule has 1 aromatic carbocycles. The second-order valence-electron chi connectivity index (χ2n) is 5.73. The van der Waals surface area contributed by atoms with Gasteiger partial charge in [-0.1, -0.05) is 24.3 Å². The predicted molar refractivity (Wildman–Crippen MR) is 81.2 cm³/mol. The van der Waals surface area contributed by atoms with Gasteiger partial charge in [-0.05, 0) is 44.3 Å². The van der Waals surface area contributed by atoms with Crippen molar-refractivity contribution in [3.8, 4) is 0 Å². The SMILES string of the molecule is COCC1CCN(CCC(=O)c2ccccc2C)CC1. The van der Waals surface area contributed by atoms with Crippen LogP contribution < -0.4 is 0 Å². The summed E-state index contributed by atoms with van der Waals surface area (Å²) in [7, 11) is 1.77. The minimum absolute atomic E-state index is 0.266. The summed E-state index contributed by atoms with van der Waals surface area (Å²) in [4.78, 5) is 14.6. The largest absolute Gasteiger partial charge is 0.384 e. The van der Waals surface area contributed by atoms with Crippen LogP contribution >= 0.6 is 0 Å². The number of nitrogens with zero attached hydrogens (tertiary/aromatic N) is 1. The van der Waals surface area contributed by atoms with E-state index in [1.165, 1.54) is 12.8 Å². The number of piperidine rings is 1. The Bertz CT molecular complexity index is 436. The Morgan fingerprint density at radius 2 is 2.00 bits per heavy atom. The van der Waals surface area contributed by atoms with Gasteiger partial charge in [-0.2, -0.15) is 0 Å². The number of likely N-dealkylation sites (tertiary alicyclic amines) is 1. The second-order valence-corrected chi connectivity index (χ2v) is 5.73. The molecule has 2 rings (SSSR count). The number of ketones is 1. The van der Waals surface area contributed by atoms with E-state index in [1.54, 1.807) is 7.11 Å². The zero-order chi connectivity index (χ0) is 14.4. The van der Waals surface area contributed by atoms with Crippen molar-refractivity contribution in [3.63, 3.8) is 0 Å². The number of ether oxygens (including phenoxy) is 1. The minimum atomic E-state index is 0.266. The van der Waals surface area contributed by atoms with Crippen LogP contribution in [0.1, 0.15) is 35.2 Å². The monoisotopic (exact) mass is 275 g/mol. The van der Waals surface area contributed by atoms with Crippen LogP contribution in [0.15, 0.2) is 24.3 Å². The molecule has 1 aromatic rings. The molecule has 0 atom stereocenters. The standard InChI is InChI=1S/C17H25NO2/c1-14-5-3-4-6-16(14)17(19)9-12-18-10-7-15(8-11-18)13-20-2/h3-6,15H,7-13H2,1-2H3. The van der Waals surface area contributed by atoms with Crippen molar-refractivity contribution in [2.45, 2.75) is 26.2 Å². The predicted octanol–water partition coefficient (Wildman–Crippen LogP) is 2.93. The molecule has 1 aliphatic heterocycles. The lowest BCUT2D eigenvalue weighted by molar-refractivity contribution is 0.0883. The zero-order valence-corrected chi connectivity index (χ0v) is 12.6. The summed E-state index contributed by atoms with van der Waals surface area (Å²) in [6, 6.07) is 7.86. The lowest BCUT2D eigenvalue weighted by atomic mass is 9.97. The molecule has 0 aliphatic carbocycles. The van der Waals surface area contributed by atoms with Crippen LogP contribution in [0.2, 0.25) is 0 Å². The third-order valence-electron chi connectivity index (χ3n) is 4.21. The van der Waals surface area contributed by atoms with Crippen molar-refractivity contribution >= 4 is 5.78 Å². The average Bonchev–Trinajstić information content (AvgIpc) is 2.47. The Morgan fingerprint density at radius 3 is 2.65 bits per heavy atom. The highest BCUT2D eigenvalue weighted by Crippen LogP contribution is 2.18. The first-order valence-electron chi connectivity index (χ1n) is 7.51. The number of carbonyl (C=O) groups excluding carboxylic acids is 1. The summed E-state index contributed by atoms with van der Waals surface area (Å²) in [6.45, 7) is 5.94. The molecule has 0 saturated carbocycles. The number of hydrogen-bond acceptors (Lipinski definition) is 3. The van der Waals surface area contributed by atoms with Gasteiger partial charge in [-0.3, -0.25) is 4.79 Å². The van der Waals surface area contributed by atoms with Crippen molar-refractivity contribution in [1.82, 2.24) is 4.90 Å². The van der Waals surface area contributed by atoms with Gasteiger partial charge in [-0.15, -0.1) is 0 Å². The van der Waals surface area contributed by atoms with Crippen molar-refractivity contribution in [2.24, 2.45) is 5.92 Å². The maximum Gasteiger partial charge on any atom is 0.164 e. The van der Waals surface area contributed by atoms with E-state index in [9.17, 15) is 4.79 Å². The molecule has 20 heavy (non-hydrogen) atoms. The van der Waals surface area contributed by atoms with Crippen molar-refractivity contribution in [2.75, 3.05) is 33.4 Å². The smallest absolute Gasteiger partial charge is 0.164 e. The van der Waals surface area contributed by atoms with Crippen LogP contribution in [0.4, 0.5) is 0 Å². The molecule has 1 saturated heterocycles. The van der Waals surface area contributed by atoms with E-state index in [1.807, 2.05) is 31.2 Å². The molecule has 0 aromatic heterocycles. The fourth-order valence-corrected chi connectivity index (χ4v) is 2.89. The van der Waals surface area contributed by atoms with E-state index in [2.05, 4.69) is 4.90 Å². The summed E-state index contributed by atoms with van der Waals surface area (Å²) in [5, 5.41) is 0. The highest BCUT2D eigenvalue weighted by molar-refractivity contribution is 5.97. The Labute approximate surface area is 121 Å². The van der Waals surface area contributed by atoms with Gasteiger partial charge in [0.1, 0.15) is 0 Å². The minimum Gasteiger partial charge on any atom is -0.384 e. The van der Waals surface area contributed by atoms with Gasteiger partial charge in [0, 0.05) is 32.2 Å². The topological polar surface area (TPSA) is 29.5 Å². The molecule has 3 nitrogen and oxygen atoms in total. The molecular weight excluding hydrogens is 250 g/mol. The molecule has 1 heterocycles. The molecular formula is C17H25NO2. The van der Waals surface area contributed by atoms with Crippen LogP contribution in [-0.4, -0.2) is 44.0 Å². The molecule has 0 spiro atoms. The number of methoxy groups -OCH3 is 1. The molecule has 0 radical (unpaired) electrons. The summed E-state index contributed by atoms with van der Waals surface area (Å²) in [5.74, 6) is 0.963. The van der Waals surface area contributed by atoms with E-state index in [4.69, 9.17) is 4.74 Å². The van der Waals surface area contributed by atoms with E-state index in [0.717, 1.165) is 37.4 Å². The van der Waals surface area contributed by atoms with Gasteiger partial charge in [-0.25, -0.2) is 0 Å². The van der Waals surface area contributed by atoms with Gasteiger partial charge in [0.25, 0.3) is 0 Å². The molecule has 1 aliphatic rings. The normalized spacial score (nSPS) is 17.3. The van der Waals surface area contributed by atoms with E-state index in [0.29, 0.717) is 12.3 Å². The Hall–Kier alpha value is -1.19. The maximum atomic E-state index is 12.2. The zero-order valence-electron chi connectivity index (χ0n) is 12.6. The molecule has 0 bridgehead atoms. The van der Waals surface area contributed by atoms with Crippen LogP contribution in [0, 0.1) is 12.8 Å². The fraction of sp³-hybridized carbons (Fsp3) is 0.588. The average molecular weight is 275 g/mol. The lowest BCUT2D eigenvalue weighted by Crippen LogP contribution is -2.36. The van der Waals surface area contributed by atoms with Gasteiger partial charge in [0.15, 0.2) is 5.78 Å². The third-order valence-corrected chi connectivity index (χ3v) is 4.21. The van der Waals surface area contributed by atoms with E-state index < -0.39 is 0 Å².